The van der Waals surface area contributed by atoms with Gasteiger partial charge in [0.2, 0.25) is 0 Å². The van der Waals surface area contributed by atoms with Gasteiger partial charge in [0.1, 0.15) is 0 Å². The smallest absolute Gasteiger partial charge is 0.327 e. The predicted molar refractivity (Wildman–Crippen MR) is 123 cm³/mol. The fraction of sp³-hybridized carbons (Fsp3) is 0.520. The Hall–Kier alpha value is -3.94. The summed E-state index contributed by atoms with van der Waals surface area (Å²) >= 11 is 0. The maximum atomic E-state index is 13.2. The molecule has 0 radical (unpaired) electrons. The molecule has 0 saturated carbocycles. The minimum absolute atomic E-state index is 0.423. The lowest BCUT2D eigenvalue weighted by Gasteiger charge is -2.37. The third-order valence-electron chi connectivity index (χ3n) is 6.41. The zero-order chi connectivity index (χ0) is 27.5. The number of methoxy groups -OCH3 is 5. The number of hydrogen-bond acceptors (Lipinski definition) is 11. The van der Waals surface area contributed by atoms with Crippen molar-refractivity contribution in [3.63, 3.8) is 0 Å². The highest BCUT2D eigenvalue weighted by Crippen LogP contribution is 2.47. The Kier molecular flexibility index (Phi) is 11.1. The van der Waals surface area contributed by atoms with E-state index in [1.54, 1.807) is 37.3 Å². The van der Waals surface area contributed by atoms with Gasteiger partial charge in [0.05, 0.1) is 54.0 Å². The van der Waals surface area contributed by atoms with Gasteiger partial charge in [-0.2, -0.15) is 5.26 Å². The number of ether oxygens (including phenoxy) is 5. The number of hydrogen-bond donors (Lipinski definition) is 0. The summed E-state index contributed by atoms with van der Waals surface area (Å²) in [7, 11) is 5.24. The third-order valence-corrected chi connectivity index (χ3v) is 6.41. The summed E-state index contributed by atoms with van der Waals surface area (Å²) in [5.74, 6) is -7.50. The highest BCUT2D eigenvalue weighted by molar-refractivity contribution is 6.03. The van der Waals surface area contributed by atoms with E-state index < -0.39 is 71.8 Å². The number of benzene rings is 1. The van der Waals surface area contributed by atoms with Crippen molar-refractivity contribution in [1.82, 2.24) is 0 Å². The Balaban J connectivity index is 3.75. The average molecular weight is 506 g/mol. The highest BCUT2D eigenvalue weighted by Gasteiger charge is 2.58. The van der Waals surface area contributed by atoms with Gasteiger partial charge < -0.3 is 23.7 Å². The SMILES string of the molecule is COC(=O)CC(CCC(C(=O)OC)C(C#N)(C(=O)OC)C(C)c1ccccc1)(C(=O)OC)C(=O)OC. The molecule has 1 aromatic carbocycles. The van der Waals surface area contributed by atoms with Crippen LogP contribution in [0.25, 0.3) is 0 Å². The molecule has 1 aromatic rings. The van der Waals surface area contributed by atoms with E-state index in [1.807, 2.05) is 6.07 Å². The number of nitrogens with zero attached hydrogens (tertiary/aromatic N) is 1. The second-order valence-electron chi connectivity index (χ2n) is 8.04. The zero-order valence-corrected chi connectivity index (χ0v) is 21.2. The summed E-state index contributed by atoms with van der Waals surface area (Å²) in [6, 6.07) is 10.5. The average Bonchev–Trinajstić information content (AvgIpc) is 2.92. The molecular weight excluding hydrogens is 474 g/mol. The van der Waals surface area contributed by atoms with Crippen LogP contribution in [0.2, 0.25) is 0 Å². The molecule has 11 heteroatoms. The number of carbonyl (C=O) groups excluding carboxylic acids is 5. The van der Waals surface area contributed by atoms with E-state index in [0.29, 0.717) is 5.56 Å². The van der Waals surface area contributed by atoms with Crippen LogP contribution in [0, 0.1) is 28.1 Å². The predicted octanol–water partition coefficient (Wildman–Crippen LogP) is 1.94. The second-order valence-corrected chi connectivity index (χ2v) is 8.04. The topological polar surface area (TPSA) is 155 Å². The first-order valence-corrected chi connectivity index (χ1v) is 10.9. The molecule has 11 nitrogen and oxygen atoms in total. The van der Waals surface area contributed by atoms with Crippen molar-refractivity contribution in [2.24, 2.45) is 16.7 Å². The van der Waals surface area contributed by atoms with E-state index in [0.717, 1.165) is 35.5 Å². The lowest BCUT2D eigenvalue weighted by Crippen LogP contribution is -2.49. The molecule has 3 unspecified atom stereocenters. The van der Waals surface area contributed by atoms with Crippen molar-refractivity contribution >= 4 is 29.8 Å². The van der Waals surface area contributed by atoms with Crippen LogP contribution in [-0.4, -0.2) is 65.4 Å². The monoisotopic (exact) mass is 505 g/mol. The minimum atomic E-state index is -2.21. The Labute approximate surface area is 209 Å². The minimum Gasteiger partial charge on any atom is -0.469 e. The summed E-state index contributed by atoms with van der Waals surface area (Å²) in [4.78, 5) is 63.9. The van der Waals surface area contributed by atoms with Gasteiger partial charge in [-0.25, -0.2) is 0 Å². The molecule has 196 valence electrons. The van der Waals surface area contributed by atoms with Crippen LogP contribution in [0.15, 0.2) is 30.3 Å². The van der Waals surface area contributed by atoms with Crippen molar-refractivity contribution in [2.45, 2.75) is 32.1 Å². The molecule has 1 rings (SSSR count). The molecule has 0 saturated heterocycles. The fourth-order valence-electron chi connectivity index (χ4n) is 4.31. The number of esters is 5. The van der Waals surface area contributed by atoms with E-state index in [2.05, 4.69) is 4.74 Å². The van der Waals surface area contributed by atoms with Crippen molar-refractivity contribution in [3.05, 3.63) is 35.9 Å². The van der Waals surface area contributed by atoms with Crippen LogP contribution in [-0.2, 0) is 47.7 Å². The molecule has 0 amide bonds. The van der Waals surface area contributed by atoms with Crippen LogP contribution >= 0.6 is 0 Å². The van der Waals surface area contributed by atoms with Gasteiger partial charge in [-0.05, 0) is 18.4 Å². The zero-order valence-electron chi connectivity index (χ0n) is 21.2. The molecule has 0 fully saturated rings. The maximum absolute atomic E-state index is 13.2. The number of rotatable bonds is 12. The Morgan fingerprint density at radius 2 is 1.36 bits per heavy atom. The van der Waals surface area contributed by atoms with Crippen LogP contribution in [0.5, 0.6) is 0 Å². The summed E-state index contributed by atoms with van der Waals surface area (Å²) < 4.78 is 24.1. The quantitative estimate of drug-likeness (QED) is 0.232. The van der Waals surface area contributed by atoms with E-state index in [-0.39, 0.29) is 0 Å². The molecule has 0 aliphatic heterocycles. The van der Waals surface area contributed by atoms with Crippen molar-refractivity contribution < 1.29 is 47.7 Å². The van der Waals surface area contributed by atoms with E-state index in [1.165, 1.54) is 0 Å². The van der Waals surface area contributed by atoms with Crippen LogP contribution in [0.3, 0.4) is 0 Å². The van der Waals surface area contributed by atoms with E-state index in [4.69, 9.17) is 18.9 Å². The first-order valence-electron chi connectivity index (χ1n) is 10.9. The molecule has 3 atom stereocenters. The van der Waals surface area contributed by atoms with Crippen LogP contribution < -0.4 is 0 Å². The van der Waals surface area contributed by atoms with Gasteiger partial charge in [0, 0.05) is 5.92 Å². The molecule has 0 spiro atoms. The maximum Gasteiger partial charge on any atom is 0.327 e. The Bertz CT molecular complexity index is 984. The Morgan fingerprint density at radius 1 is 0.833 bits per heavy atom. The van der Waals surface area contributed by atoms with Gasteiger partial charge >= 0.3 is 29.8 Å². The molecule has 0 aliphatic rings. The molecule has 0 N–H and O–H groups in total. The lowest BCUT2D eigenvalue weighted by molar-refractivity contribution is -0.176. The molecule has 0 aliphatic carbocycles. The first-order chi connectivity index (χ1) is 17.1. The van der Waals surface area contributed by atoms with Gasteiger partial charge in [-0.3, -0.25) is 24.0 Å². The van der Waals surface area contributed by atoms with Crippen molar-refractivity contribution in [3.8, 4) is 6.07 Å². The van der Waals surface area contributed by atoms with Crippen LogP contribution in [0.4, 0.5) is 0 Å². The summed E-state index contributed by atoms with van der Waals surface area (Å²) in [5, 5.41) is 10.3. The van der Waals surface area contributed by atoms with Gasteiger partial charge in [-0.15, -0.1) is 0 Å². The first kappa shape index (κ1) is 30.1. The molecular formula is C25H31NO10. The summed E-state index contributed by atoms with van der Waals surface area (Å²) in [5.41, 5.74) is -3.78. The Morgan fingerprint density at radius 3 is 1.78 bits per heavy atom. The number of nitriles is 1. The second kappa shape index (κ2) is 13.2. The van der Waals surface area contributed by atoms with Crippen molar-refractivity contribution in [2.75, 3.05) is 35.5 Å². The lowest BCUT2D eigenvalue weighted by atomic mass is 9.63. The van der Waals surface area contributed by atoms with Gasteiger partial charge in [0.25, 0.3) is 0 Å². The normalized spacial score (nSPS) is 14.1. The fourth-order valence-corrected chi connectivity index (χ4v) is 4.31. The largest absolute Gasteiger partial charge is 0.469 e. The molecule has 36 heavy (non-hydrogen) atoms. The van der Waals surface area contributed by atoms with E-state index >= 15 is 0 Å². The highest BCUT2D eigenvalue weighted by atomic mass is 16.6. The molecule has 0 aromatic heterocycles. The third kappa shape index (κ3) is 5.82. The van der Waals surface area contributed by atoms with E-state index in [9.17, 15) is 29.2 Å². The van der Waals surface area contributed by atoms with Crippen LogP contribution in [0.1, 0.15) is 37.7 Å². The van der Waals surface area contributed by atoms with Gasteiger partial charge in [-0.1, -0.05) is 37.3 Å². The standard InChI is InChI=1S/C25H31NO10/c1-16(17-10-8-7-9-11-17)25(15-26,23(31)36-6)18(20(28)33-3)12-13-24(21(29)34-4,22(30)35-5)14-19(27)32-2/h7-11,16,18H,12-14H2,1-6H3. The molecule has 0 bridgehead atoms. The number of carbonyl (C=O) groups is 5. The summed E-state index contributed by atoms with van der Waals surface area (Å²) in [6.07, 6.45) is -1.69. The molecule has 0 heterocycles. The van der Waals surface area contributed by atoms with Gasteiger partial charge in [0.15, 0.2) is 10.8 Å². The van der Waals surface area contributed by atoms with Crippen molar-refractivity contribution in [1.29, 1.82) is 5.26 Å². The summed E-state index contributed by atoms with van der Waals surface area (Å²) in [6.45, 7) is 1.58.